The predicted molar refractivity (Wildman–Crippen MR) is 100 cm³/mol. The van der Waals surface area contributed by atoms with Gasteiger partial charge in [-0.2, -0.15) is 0 Å². The van der Waals surface area contributed by atoms with Gasteiger partial charge in [0, 0.05) is 21.8 Å². The average Bonchev–Trinajstić information content (AvgIpc) is 2.92. The SMILES string of the molecule is CCc1cc2cc[nH]c(=O)c2n1S(=O)(=O)C1(C)CC=C(Br)C=C1C. The summed E-state index contributed by atoms with van der Waals surface area (Å²) in [6, 6.07) is 3.50. The van der Waals surface area contributed by atoms with Gasteiger partial charge in [-0.05, 0) is 50.5 Å². The van der Waals surface area contributed by atoms with Crippen LogP contribution in [0.4, 0.5) is 0 Å². The summed E-state index contributed by atoms with van der Waals surface area (Å²) in [5, 5.41) is 0.636. The maximum Gasteiger partial charge on any atom is 0.273 e. The molecule has 3 rings (SSSR count). The van der Waals surface area contributed by atoms with Crippen molar-refractivity contribution in [2.45, 2.75) is 38.4 Å². The summed E-state index contributed by atoms with van der Waals surface area (Å²) in [6.07, 6.45) is 6.08. The van der Waals surface area contributed by atoms with Crippen molar-refractivity contribution in [1.29, 1.82) is 0 Å². The highest BCUT2D eigenvalue weighted by atomic mass is 79.9. The normalized spacial score (nSPS) is 21.7. The summed E-state index contributed by atoms with van der Waals surface area (Å²) in [5.41, 5.74) is 1.16. The van der Waals surface area contributed by atoms with Crippen LogP contribution in [0, 0.1) is 0 Å². The van der Waals surface area contributed by atoms with Crippen LogP contribution in [0.3, 0.4) is 0 Å². The molecule has 1 atom stereocenters. The monoisotopic (exact) mass is 410 g/mol. The Bertz CT molecular complexity index is 1040. The lowest BCUT2D eigenvalue weighted by Crippen LogP contribution is -2.42. The molecular formula is C17H19BrN2O3S. The third kappa shape index (κ3) is 2.33. The standard InChI is InChI=1S/C17H19BrN2O3S/c1-4-14-10-12-6-8-19-16(21)15(12)20(14)24(22,23)17(3)7-5-13(18)9-11(17)2/h5-6,8-10H,4,7H2,1-3H3,(H,19,21). The second kappa shape index (κ2) is 5.74. The van der Waals surface area contributed by atoms with E-state index in [2.05, 4.69) is 20.9 Å². The van der Waals surface area contributed by atoms with Gasteiger partial charge in [-0.3, -0.25) is 4.79 Å². The van der Waals surface area contributed by atoms with Crippen LogP contribution in [0.1, 0.15) is 32.9 Å². The van der Waals surface area contributed by atoms with E-state index in [0.717, 1.165) is 10.1 Å². The minimum atomic E-state index is -3.82. The van der Waals surface area contributed by atoms with Crippen molar-refractivity contribution >= 4 is 36.9 Å². The molecule has 0 saturated heterocycles. The molecular weight excluding hydrogens is 392 g/mol. The molecule has 0 spiro atoms. The first-order valence-corrected chi connectivity index (χ1v) is 9.97. The number of rotatable bonds is 3. The van der Waals surface area contributed by atoms with E-state index in [1.54, 1.807) is 19.1 Å². The third-order valence-electron chi connectivity index (χ3n) is 4.80. The van der Waals surface area contributed by atoms with E-state index in [0.29, 0.717) is 23.9 Å². The fraction of sp³-hybridized carbons (Fsp3) is 0.353. The Balaban J connectivity index is 2.35. The molecule has 2 aromatic rings. The Morgan fingerprint density at radius 1 is 1.42 bits per heavy atom. The van der Waals surface area contributed by atoms with Crippen LogP contribution in [0.5, 0.6) is 0 Å². The van der Waals surface area contributed by atoms with Gasteiger partial charge in [0.2, 0.25) is 10.0 Å². The second-order valence-corrected chi connectivity index (χ2v) is 9.35. The number of nitrogens with zero attached hydrogens (tertiary/aromatic N) is 1. The lowest BCUT2D eigenvalue weighted by molar-refractivity contribution is 0.544. The van der Waals surface area contributed by atoms with Crippen molar-refractivity contribution in [3.63, 3.8) is 0 Å². The Kier molecular flexibility index (Phi) is 4.12. The first-order valence-electron chi connectivity index (χ1n) is 7.74. The number of aromatic nitrogens is 2. The summed E-state index contributed by atoms with van der Waals surface area (Å²) in [6.45, 7) is 5.41. The van der Waals surface area contributed by atoms with Gasteiger partial charge in [-0.15, -0.1) is 0 Å². The smallest absolute Gasteiger partial charge is 0.273 e. The van der Waals surface area contributed by atoms with Crippen molar-refractivity contribution < 1.29 is 8.42 Å². The second-order valence-electron chi connectivity index (χ2n) is 6.22. The minimum absolute atomic E-state index is 0.192. The molecule has 128 valence electrons. The van der Waals surface area contributed by atoms with Gasteiger partial charge in [-0.1, -0.05) is 28.9 Å². The molecule has 1 aliphatic carbocycles. The van der Waals surface area contributed by atoms with E-state index < -0.39 is 20.3 Å². The van der Waals surface area contributed by atoms with Gasteiger partial charge in [-0.25, -0.2) is 12.4 Å². The number of nitrogens with one attached hydrogen (secondary N) is 1. The molecule has 2 aromatic heterocycles. The molecule has 0 fully saturated rings. The summed E-state index contributed by atoms with van der Waals surface area (Å²) >= 11 is 3.40. The number of halogens is 1. The van der Waals surface area contributed by atoms with Gasteiger partial charge < -0.3 is 4.98 Å². The van der Waals surface area contributed by atoms with Crippen LogP contribution < -0.4 is 5.56 Å². The van der Waals surface area contributed by atoms with Crippen molar-refractivity contribution in [2.75, 3.05) is 0 Å². The van der Waals surface area contributed by atoms with E-state index in [4.69, 9.17) is 0 Å². The molecule has 0 bridgehead atoms. The zero-order chi connectivity index (χ0) is 17.7. The van der Waals surface area contributed by atoms with Crippen LogP contribution in [0.25, 0.3) is 10.9 Å². The van der Waals surface area contributed by atoms with Crippen molar-refractivity contribution in [3.05, 3.63) is 56.6 Å². The molecule has 5 nitrogen and oxygen atoms in total. The molecule has 1 unspecified atom stereocenters. The van der Waals surface area contributed by atoms with E-state index in [-0.39, 0.29) is 5.52 Å². The average molecular weight is 411 g/mol. The highest BCUT2D eigenvalue weighted by Gasteiger charge is 2.44. The van der Waals surface area contributed by atoms with E-state index >= 15 is 0 Å². The quantitative estimate of drug-likeness (QED) is 0.841. The van der Waals surface area contributed by atoms with E-state index in [9.17, 15) is 13.2 Å². The lowest BCUT2D eigenvalue weighted by atomic mass is 9.94. The number of allylic oxidation sites excluding steroid dienone is 3. The highest BCUT2D eigenvalue weighted by molar-refractivity contribution is 9.11. The number of pyridine rings is 1. The molecule has 1 N–H and O–H groups in total. The number of H-pyrrole nitrogens is 1. The van der Waals surface area contributed by atoms with Crippen LogP contribution in [0.2, 0.25) is 0 Å². The van der Waals surface area contributed by atoms with Crippen molar-refractivity contribution in [1.82, 2.24) is 8.96 Å². The molecule has 0 saturated carbocycles. The number of hydrogen-bond acceptors (Lipinski definition) is 3. The van der Waals surface area contributed by atoms with Crippen LogP contribution in [-0.4, -0.2) is 22.1 Å². The van der Waals surface area contributed by atoms with Gasteiger partial charge in [0.1, 0.15) is 10.3 Å². The van der Waals surface area contributed by atoms with Crippen molar-refractivity contribution in [3.8, 4) is 0 Å². The van der Waals surface area contributed by atoms with Gasteiger partial charge in [0.25, 0.3) is 5.56 Å². The maximum absolute atomic E-state index is 13.6. The van der Waals surface area contributed by atoms with Crippen LogP contribution in [0.15, 0.2) is 45.3 Å². The van der Waals surface area contributed by atoms with Crippen LogP contribution in [-0.2, 0) is 16.4 Å². The molecule has 0 aromatic carbocycles. The molecule has 0 aliphatic heterocycles. The summed E-state index contributed by atoms with van der Waals surface area (Å²) in [4.78, 5) is 14.9. The molecule has 0 amide bonds. The molecule has 1 aliphatic rings. The fourth-order valence-corrected chi connectivity index (χ4v) is 5.68. The minimum Gasteiger partial charge on any atom is -0.327 e. The Labute approximate surface area is 149 Å². The Morgan fingerprint density at radius 3 is 2.75 bits per heavy atom. The molecule has 7 heteroatoms. The van der Waals surface area contributed by atoms with Gasteiger partial charge >= 0.3 is 0 Å². The Morgan fingerprint density at radius 2 is 2.12 bits per heavy atom. The van der Waals surface area contributed by atoms with E-state index in [1.807, 2.05) is 26.0 Å². The highest BCUT2D eigenvalue weighted by Crippen LogP contribution is 2.39. The lowest BCUT2D eigenvalue weighted by Gasteiger charge is -2.33. The molecule has 2 heterocycles. The topological polar surface area (TPSA) is 71.9 Å². The summed E-state index contributed by atoms with van der Waals surface area (Å²) in [7, 11) is -3.82. The zero-order valence-corrected chi connectivity index (χ0v) is 16.2. The maximum atomic E-state index is 13.6. The predicted octanol–water partition coefficient (Wildman–Crippen LogP) is 3.46. The first-order chi connectivity index (χ1) is 11.2. The van der Waals surface area contributed by atoms with Gasteiger partial charge in [0.05, 0.1) is 0 Å². The molecule has 0 radical (unpaired) electrons. The number of fused-ring (bicyclic) bond motifs is 1. The zero-order valence-electron chi connectivity index (χ0n) is 13.8. The van der Waals surface area contributed by atoms with E-state index in [1.165, 1.54) is 10.2 Å². The van der Waals surface area contributed by atoms with Crippen molar-refractivity contribution in [2.24, 2.45) is 0 Å². The van der Waals surface area contributed by atoms with Gasteiger partial charge in [0.15, 0.2) is 0 Å². The number of aromatic amines is 1. The third-order valence-corrected chi connectivity index (χ3v) is 7.88. The van der Waals surface area contributed by atoms with Crippen LogP contribution >= 0.6 is 15.9 Å². The summed E-state index contributed by atoms with van der Waals surface area (Å²) < 4.78 is 28.1. The Hall–Kier alpha value is -1.60. The summed E-state index contributed by atoms with van der Waals surface area (Å²) in [5.74, 6) is 0. The largest absolute Gasteiger partial charge is 0.327 e. The number of hydrogen-bond donors (Lipinski definition) is 1. The number of aryl methyl sites for hydroxylation is 1. The molecule has 24 heavy (non-hydrogen) atoms. The fourth-order valence-electron chi connectivity index (χ4n) is 3.10. The first kappa shape index (κ1) is 17.2.